The van der Waals surface area contributed by atoms with E-state index in [0.717, 1.165) is 5.56 Å². The summed E-state index contributed by atoms with van der Waals surface area (Å²) >= 11 is 0. The quantitative estimate of drug-likeness (QED) is 0.781. The van der Waals surface area contributed by atoms with E-state index in [1.807, 2.05) is 20.8 Å². The maximum atomic E-state index is 13.9. The zero-order valence-corrected chi connectivity index (χ0v) is 11.7. The topological polar surface area (TPSA) is 29.5 Å². The highest BCUT2D eigenvalue weighted by Crippen LogP contribution is 2.25. The van der Waals surface area contributed by atoms with Crippen LogP contribution in [0.3, 0.4) is 0 Å². The zero-order chi connectivity index (χ0) is 14.0. The number of benzene rings is 1. The van der Waals surface area contributed by atoms with E-state index in [-0.39, 0.29) is 16.9 Å². The van der Waals surface area contributed by atoms with Crippen molar-refractivity contribution < 1.29 is 13.9 Å². The molecule has 104 valence electrons. The number of amides is 1. The standard InChI is InChI=1S/C15H20FNO2/c1-15(2,3)11-4-5-13(16)12(10-11)14(18)17-6-8-19-9-7-17/h4-5,10H,6-9H2,1-3H3. The van der Waals surface area contributed by atoms with Crippen LogP contribution in [0.25, 0.3) is 0 Å². The van der Waals surface area contributed by atoms with Gasteiger partial charge < -0.3 is 9.64 Å². The summed E-state index contributed by atoms with van der Waals surface area (Å²) in [6.07, 6.45) is 0. The molecule has 1 saturated heterocycles. The second-order valence-electron chi connectivity index (χ2n) is 5.85. The van der Waals surface area contributed by atoms with Crippen molar-refractivity contribution in [2.75, 3.05) is 26.3 Å². The molecule has 0 aliphatic carbocycles. The van der Waals surface area contributed by atoms with Crippen molar-refractivity contribution in [3.8, 4) is 0 Å². The van der Waals surface area contributed by atoms with Gasteiger partial charge in [-0.05, 0) is 23.1 Å². The monoisotopic (exact) mass is 265 g/mol. The molecule has 1 aromatic rings. The van der Waals surface area contributed by atoms with Crippen molar-refractivity contribution in [2.24, 2.45) is 0 Å². The van der Waals surface area contributed by atoms with E-state index in [9.17, 15) is 9.18 Å². The Morgan fingerprint density at radius 1 is 1.26 bits per heavy atom. The Kier molecular flexibility index (Phi) is 3.90. The first-order chi connectivity index (χ1) is 8.89. The third kappa shape index (κ3) is 3.13. The first kappa shape index (κ1) is 14.0. The maximum absolute atomic E-state index is 13.9. The minimum atomic E-state index is -0.454. The summed E-state index contributed by atoms with van der Waals surface area (Å²) in [7, 11) is 0. The van der Waals surface area contributed by atoms with E-state index in [0.29, 0.717) is 26.3 Å². The van der Waals surface area contributed by atoms with Gasteiger partial charge in [0.15, 0.2) is 0 Å². The van der Waals surface area contributed by atoms with Gasteiger partial charge in [0.25, 0.3) is 5.91 Å². The molecule has 0 aromatic heterocycles. The Labute approximate surface area is 113 Å². The minimum Gasteiger partial charge on any atom is -0.378 e. The molecule has 1 aromatic carbocycles. The van der Waals surface area contributed by atoms with Crippen LogP contribution in [-0.4, -0.2) is 37.1 Å². The minimum absolute atomic E-state index is 0.103. The molecule has 1 fully saturated rings. The Morgan fingerprint density at radius 2 is 1.89 bits per heavy atom. The third-order valence-corrected chi connectivity index (χ3v) is 3.36. The average molecular weight is 265 g/mol. The zero-order valence-electron chi connectivity index (χ0n) is 11.7. The van der Waals surface area contributed by atoms with Gasteiger partial charge >= 0.3 is 0 Å². The van der Waals surface area contributed by atoms with Crippen LogP contribution in [0, 0.1) is 5.82 Å². The predicted octanol–water partition coefficient (Wildman–Crippen LogP) is 2.60. The lowest BCUT2D eigenvalue weighted by Gasteiger charge is -2.27. The van der Waals surface area contributed by atoms with Gasteiger partial charge in [0, 0.05) is 13.1 Å². The Balaban J connectivity index is 2.30. The van der Waals surface area contributed by atoms with Crippen LogP contribution in [-0.2, 0) is 10.2 Å². The molecule has 19 heavy (non-hydrogen) atoms. The van der Waals surface area contributed by atoms with Gasteiger partial charge in [0.05, 0.1) is 18.8 Å². The number of nitrogens with zero attached hydrogens (tertiary/aromatic N) is 1. The molecule has 0 atom stereocenters. The predicted molar refractivity (Wildman–Crippen MR) is 71.8 cm³/mol. The van der Waals surface area contributed by atoms with E-state index in [4.69, 9.17) is 4.74 Å². The smallest absolute Gasteiger partial charge is 0.256 e. The summed E-state index contributed by atoms with van der Waals surface area (Å²) in [4.78, 5) is 14.0. The first-order valence-corrected chi connectivity index (χ1v) is 6.56. The van der Waals surface area contributed by atoms with Crippen molar-refractivity contribution in [1.29, 1.82) is 0 Å². The van der Waals surface area contributed by atoms with Crippen LogP contribution in [0.5, 0.6) is 0 Å². The molecule has 0 saturated carbocycles. The third-order valence-electron chi connectivity index (χ3n) is 3.36. The molecule has 0 unspecified atom stereocenters. The van der Waals surface area contributed by atoms with E-state index in [2.05, 4.69) is 0 Å². The number of carbonyl (C=O) groups excluding carboxylic acids is 1. The van der Waals surface area contributed by atoms with E-state index in [1.165, 1.54) is 6.07 Å². The normalized spacial score (nSPS) is 16.5. The molecule has 3 nitrogen and oxygen atoms in total. The van der Waals surface area contributed by atoms with Crippen molar-refractivity contribution in [1.82, 2.24) is 4.90 Å². The molecular formula is C15H20FNO2. The molecule has 2 rings (SSSR count). The number of rotatable bonds is 1. The number of hydrogen-bond acceptors (Lipinski definition) is 2. The summed E-state index contributed by atoms with van der Waals surface area (Å²) in [5.74, 6) is -0.698. The van der Waals surface area contributed by atoms with Crippen LogP contribution in [0.15, 0.2) is 18.2 Å². The number of hydrogen-bond donors (Lipinski definition) is 0. The molecule has 0 bridgehead atoms. The van der Waals surface area contributed by atoms with Crippen LogP contribution in [0.4, 0.5) is 4.39 Å². The lowest BCUT2D eigenvalue weighted by molar-refractivity contribution is 0.0299. The van der Waals surface area contributed by atoms with Crippen molar-refractivity contribution in [3.05, 3.63) is 35.1 Å². The summed E-state index contributed by atoms with van der Waals surface area (Å²) in [5.41, 5.74) is 1.02. The van der Waals surface area contributed by atoms with Crippen molar-refractivity contribution >= 4 is 5.91 Å². The highest BCUT2D eigenvalue weighted by Gasteiger charge is 2.23. The van der Waals surface area contributed by atoms with Crippen LogP contribution >= 0.6 is 0 Å². The van der Waals surface area contributed by atoms with Crippen LogP contribution in [0.2, 0.25) is 0 Å². The summed E-state index contributed by atoms with van der Waals surface area (Å²) in [6.45, 7) is 8.23. The van der Waals surface area contributed by atoms with Crippen molar-refractivity contribution in [3.63, 3.8) is 0 Å². The fraction of sp³-hybridized carbons (Fsp3) is 0.533. The number of halogens is 1. The molecule has 4 heteroatoms. The van der Waals surface area contributed by atoms with E-state index >= 15 is 0 Å². The van der Waals surface area contributed by atoms with Gasteiger partial charge in [-0.2, -0.15) is 0 Å². The average Bonchev–Trinajstić information content (AvgIpc) is 2.38. The summed E-state index contributed by atoms with van der Waals surface area (Å²) < 4.78 is 19.1. The van der Waals surface area contributed by atoms with Gasteiger partial charge in [-0.15, -0.1) is 0 Å². The number of ether oxygens (including phenoxy) is 1. The first-order valence-electron chi connectivity index (χ1n) is 6.56. The number of carbonyl (C=O) groups is 1. The molecule has 1 heterocycles. The fourth-order valence-corrected chi connectivity index (χ4v) is 2.09. The highest BCUT2D eigenvalue weighted by molar-refractivity contribution is 5.94. The Hall–Kier alpha value is -1.42. The molecule has 0 N–H and O–H groups in total. The second kappa shape index (κ2) is 5.29. The molecule has 1 aliphatic rings. The summed E-state index contributed by atoms with van der Waals surface area (Å²) in [5, 5.41) is 0. The lowest BCUT2D eigenvalue weighted by atomic mass is 9.86. The van der Waals surface area contributed by atoms with Gasteiger partial charge in [-0.1, -0.05) is 26.8 Å². The highest BCUT2D eigenvalue weighted by atomic mass is 19.1. The molecular weight excluding hydrogens is 245 g/mol. The van der Waals surface area contributed by atoms with Crippen LogP contribution < -0.4 is 0 Å². The maximum Gasteiger partial charge on any atom is 0.256 e. The molecule has 1 aliphatic heterocycles. The Morgan fingerprint density at radius 3 is 2.47 bits per heavy atom. The molecule has 0 radical (unpaired) electrons. The second-order valence-corrected chi connectivity index (χ2v) is 5.85. The van der Waals surface area contributed by atoms with Gasteiger partial charge in [0.1, 0.15) is 5.82 Å². The van der Waals surface area contributed by atoms with Gasteiger partial charge in [-0.3, -0.25) is 4.79 Å². The molecule has 0 spiro atoms. The van der Waals surface area contributed by atoms with E-state index in [1.54, 1.807) is 17.0 Å². The van der Waals surface area contributed by atoms with Gasteiger partial charge in [-0.25, -0.2) is 4.39 Å². The van der Waals surface area contributed by atoms with E-state index < -0.39 is 5.82 Å². The lowest BCUT2D eigenvalue weighted by Crippen LogP contribution is -2.41. The SMILES string of the molecule is CC(C)(C)c1ccc(F)c(C(=O)N2CCOCC2)c1. The van der Waals surface area contributed by atoms with Crippen molar-refractivity contribution in [2.45, 2.75) is 26.2 Å². The summed E-state index contributed by atoms with van der Waals surface area (Å²) in [6, 6.07) is 4.80. The Bertz CT molecular complexity index is 474. The largest absolute Gasteiger partial charge is 0.378 e. The van der Waals surface area contributed by atoms with Crippen LogP contribution in [0.1, 0.15) is 36.7 Å². The fourth-order valence-electron chi connectivity index (χ4n) is 2.09. The molecule has 1 amide bonds. The van der Waals surface area contributed by atoms with Gasteiger partial charge in [0.2, 0.25) is 0 Å². The number of morpholine rings is 1.